The van der Waals surface area contributed by atoms with Crippen molar-refractivity contribution in [2.75, 3.05) is 6.61 Å². The summed E-state index contributed by atoms with van der Waals surface area (Å²) in [4.78, 5) is -0.174. The van der Waals surface area contributed by atoms with Gasteiger partial charge in [0, 0.05) is 0 Å². The minimum absolute atomic E-state index is 0.0234. The minimum atomic E-state index is -4.29. The molecule has 0 radical (unpaired) electrons. The number of hydrogen-bond acceptors (Lipinski definition) is 4. The predicted molar refractivity (Wildman–Crippen MR) is 116 cm³/mol. The van der Waals surface area contributed by atoms with Crippen LogP contribution in [-0.4, -0.2) is 21.1 Å². The van der Waals surface area contributed by atoms with Crippen LogP contribution in [0.4, 0.5) is 8.78 Å². The van der Waals surface area contributed by atoms with Gasteiger partial charge in [0.2, 0.25) is 0 Å². The molecule has 1 aliphatic rings. The van der Waals surface area contributed by atoms with E-state index in [2.05, 4.69) is 11.1 Å². The molecule has 1 saturated carbocycles. The van der Waals surface area contributed by atoms with Gasteiger partial charge in [0.05, 0.1) is 4.90 Å². The molecule has 0 atom stereocenters. The van der Waals surface area contributed by atoms with Gasteiger partial charge in [-0.1, -0.05) is 49.6 Å². The third-order valence-electron chi connectivity index (χ3n) is 5.85. The Morgan fingerprint density at radius 2 is 1.58 bits per heavy atom. The Morgan fingerprint density at radius 3 is 2.16 bits per heavy atom. The van der Waals surface area contributed by atoms with Crippen molar-refractivity contribution < 1.29 is 26.1 Å². The molecule has 0 bridgehead atoms. The molecule has 31 heavy (non-hydrogen) atoms. The van der Waals surface area contributed by atoms with Crippen molar-refractivity contribution in [2.24, 2.45) is 5.92 Å². The third-order valence-corrected chi connectivity index (χ3v) is 7.13. The fourth-order valence-electron chi connectivity index (χ4n) is 4.12. The first-order chi connectivity index (χ1) is 14.7. The van der Waals surface area contributed by atoms with E-state index in [1.54, 1.807) is 19.1 Å². The largest absolute Gasteiger partial charge is 0.431 e. The fourth-order valence-corrected chi connectivity index (χ4v) is 5.02. The minimum Gasteiger partial charge on any atom is -0.431 e. The van der Waals surface area contributed by atoms with Crippen LogP contribution < -0.4 is 4.74 Å². The molecule has 0 saturated heterocycles. The van der Waals surface area contributed by atoms with Crippen LogP contribution in [0.25, 0.3) is 0 Å². The fraction of sp³-hybridized carbons (Fsp3) is 0.500. The van der Waals surface area contributed by atoms with Crippen LogP contribution in [-0.2, 0) is 14.3 Å². The summed E-state index contributed by atoms with van der Waals surface area (Å²) in [5, 5.41) is 0. The van der Waals surface area contributed by atoms with Crippen molar-refractivity contribution in [1.29, 1.82) is 0 Å². The molecule has 2 aromatic carbocycles. The lowest BCUT2D eigenvalue weighted by atomic mass is 9.77. The van der Waals surface area contributed by atoms with Gasteiger partial charge in [-0.05, 0) is 74.3 Å². The van der Waals surface area contributed by atoms with Gasteiger partial charge >= 0.3 is 6.11 Å². The Bertz CT molecular complexity index is 933. The van der Waals surface area contributed by atoms with Crippen LogP contribution in [0, 0.1) is 12.8 Å². The summed E-state index contributed by atoms with van der Waals surface area (Å²) in [6.07, 6.45) is 3.36. The summed E-state index contributed by atoms with van der Waals surface area (Å²) in [5.41, 5.74) is 1.98. The Morgan fingerprint density at radius 1 is 0.968 bits per heavy atom. The second kappa shape index (κ2) is 10.1. The summed E-state index contributed by atoms with van der Waals surface area (Å²) in [6.45, 7) is 2.61. The van der Waals surface area contributed by atoms with E-state index in [1.807, 2.05) is 12.1 Å². The lowest BCUT2D eigenvalue weighted by molar-refractivity contribution is -0.194. The lowest BCUT2D eigenvalue weighted by Crippen LogP contribution is -2.32. The number of ether oxygens (including phenoxy) is 1. The van der Waals surface area contributed by atoms with Crippen LogP contribution in [0.15, 0.2) is 53.4 Å². The first kappa shape index (κ1) is 23.7. The van der Waals surface area contributed by atoms with Crippen molar-refractivity contribution in [1.82, 2.24) is 0 Å². The lowest BCUT2D eigenvalue weighted by Gasteiger charge is -2.28. The van der Waals surface area contributed by atoms with Crippen molar-refractivity contribution in [2.45, 2.75) is 69.3 Å². The molecule has 1 fully saturated rings. The van der Waals surface area contributed by atoms with Gasteiger partial charge in [-0.2, -0.15) is 17.2 Å². The number of aryl methyl sites for hydroxylation is 1. The number of rotatable bonds is 9. The molecule has 0 heterocycles. The number of alkyl halides is 2. The van der Waals surface area contributed by atoms with E-state index in [4.69, 9.17) is 4.74 Å². The summed E-state index contributed by atoms with van der Waals surface area (Å²) < 4.78 is 61.8. The summed E-state index contributed by atoms with van der Waals surface area (Å²) >= 11 is 0. The number of halogens is 2. The number of hydrogen-bond donors (Lipinski definition) is 0. The Kier molecular flexibility index (Phi) is 7.70. The summed E-state index contributed by atoms with van der Waals surface area (Å²) in [6, 6.07) is 12.4. The van der Waals surface area contributed by atoms with E-state index in [-0.39, 0.29) is 10.6 Å². The zero-order chi connectivity index (χ0) is 22.5. The molecule has 1 aliphatic carbocycles. The van der Waals surface area contributed by atoms with E-state index in [1.165, 1.54) is 49.9 Å². The van der Waals surface area contributed by atoms with E-state index in [9.17, 15) is 17.2 Å². The molecule has 0 spiro atoms. The maximum atomic E-state index is 14.2. The Balaban J connectivity index is 1.54. The van der Waals surface area contributed by atoms with Crippen LogP contribution in [0.2, 0.25) is 0 Å². The van der Waals surface area contributed by atoms with Gasteiger partial charge in [0.1, 0.15) is 5.75 Å². The molecule has 7 heteroatoms. The average Bonchev–Trinajstić information content (AvgIpc) is 2.74. The smallest absolute Gasteiger partial charge is 0.423 e. The normalized spacial score (nSPS) is 19.9. The molecule has 2 aromatic rings. The average molecular weight is 453 g/mol. The highest BCUT2D eigenvalue weighted by atomic mass is 32.2. The zero-order valence-electron chi connectivity index (χ0n) is 18.0. The van der Waals surface area contributed by atoms with Gasteiger partial charge in [0.15, 0.2) is 6.61 Å². The second-order valence-electron chi connectivity index (χ2n) is 8.34. The molecule has 0 N–H and O–H groups in total. The molecule has 0 aromatic heterocycles. The molecule has 170 valence electrons. The Labute approximate surface area is 183 Å². The van der Waals surface area contributed by atoms with Crippen LogP contribution in [0.1, 0.15) is 62.5 Å². The quantitative estimate of drug-likeness (QED) is 0.411. The Hall–Kier alpha value is -1.99. The third kappa shape index (κ3) is 6.74. The topological polar surface area (TPSA) is 52.6 Å². The van der Waals surface area contributed by atoms with Crippen LogP contribution in [0.3, 0.4) is 0 Å². The van der Waals surface area contributed by atoms with E-state index < -0.39 is 22.8 Å². The van der Waals surface area contributed by atoms with E-state index in [0.717, 1.165) is 29.9 Å². The van der Waals surface area contributed by atoms with Crippen molar-refractivity contribution in [3.05, 3.63) is 59.7 Å². The summed E-state index contributed by atoms with van der Waals surface area (Å²) in [5.74, 6) is 1.23. The highest BCUT2D eigenvalue weighted by Gasteiger charge is 2.35. The van der Waals surface area contributed by atoms with E-state index in [0.29, 0.717) is 5.92 Å². The van der Waals surface area contributed by atoms with Gasteiger partial charge in [-0.3, -0.25) is 4.18 Å². The van der Waals surface area contributed by atoms with Gasteiger partial charge in [-0.15, -0.1) is 0 Å². The van der Waals surface area contributed by atoms with Crippen LogP contribution >= 0.6 is 0 Å². The first-order valence-electron chi connectivity index (χ1n) is 10.8. The first-order valence-corrected chi connectivity index (χ1v) is 12.2. The molecule has 3 rings (SSSR count). The summed E-state index contributed by atoms with van der Waals surface area (Å²) in [7, 11) is -4.29. The standard InChI is InChI=1S/C24H30F2O4S/c1-3-4-19-7-9-20(10-8-19)21-11-13-22(14-12-21)30-24(25,26)17-29-31(27,28)23-15-5-18(2)6-16-23/h5-6,11-16,19-20H,3-4,7-10,17H2,1-2H3. The highest BCUT2D eigenvalue weighted by Crippen LogP contribution is 2.38. The molecule has 0 amide bonds. The SMILES string of the molecule is CCCC1CCC(c2ccc(OC(F)(F)COS(=O)(=O)c3ccc(C)cc3)cc2)CC1. The maximum Gasteiger partial charge on any atom is 0.423 e. The molecular weight excluding hydrogens is 422 g/mol. The molecule has 0 aliphatic heterocycles. The van der Waals surface area contributed by atoms with Gasteiger partial charge in [0.25, 0.3) is 10.1 Å². The predicted octanol–water partition coefficient (Wildman–Crippen LogP) is 6.45. The highest BCUT2D eigenvalue weighted by molar-refractivity contribution is 7.86. The van der Waals surface area contributed by atoms with Gasteiger partial charge in [-0.25, -0.2) is 0 Å². The second-order valence-corrected chi connectivity index (χ2v) is 9.96. The van der Waals surface area contributed by atoms with E-state index >= 15 is 0 Å². The zero-order valence-corrected chi connectivity index (χ0v) is 18.8. The molecule has 4 nitrogen and oxygen atoms in total. The maximum absolute atomic E-state index is 14.2. The molecular formula is C24H30F2O4S. The van der Waals surface area contributed by atoms with Crippen LogP contribution in [0.5, 0.6) is 5.75 Å². The van der Waals surface area contributed by atoms with Gasteiger partial charge < -0.3 is 4.74 Å². The number of benzene rings is 2. The van der Waals surface area contributed by atoms with Crippen molar-refractivity contribution in [3.8, 4) is 5.75 Å². The van der Waals surface area contributed by atoms with Crippen molar-refractivity contribution >= 4 is 10.1 Å². The molecule has 0 unspecified atom stereocenters. The van der Waals surface area contributed by atoms with Crippen molar-refractivity contribution in [3.63, 3.8) is 0 Å². The monoisotopic (exact) mass is 452 g/mol.